The predicted octanol–water partition coefficient (Wildman–Crippen LogP) is 3.46. The second-order valence-electron chi connectivity index (χ2n) is 5.46. The van der Waals surface area contributed by atoms with Gasteiger partial charge in [0, 0.05) is 16.1 Å². The molecule has 3 nitrogen and oxygen atoms in total. The van der Waals surface area contributed by atoms with E-state index in [9.17, 15) is 4.79 Å². The van der Waals surface area contributed by atoms with Crippen molar-refractivity contribution in [3.8, 4) is 0 Å². The Morgan fingerprint density at radius 2 is 2.00 bits per heavy atom. The summed E-state index contributed by atoms with van der Waals surface area (Å²) in [5.41, 5.74) is 7.68. The minimum Gasteiger partial charge on any atom is -0.330 e. The zero-order valence-electron chi connectivity index (χ0n) is 11.3. The zero-order chi connectivity index (χ0) is 13.8. The second kappa shape index (κ2) is 6.53. The van der Waals surface area contributed by atoms with E-state index < -0.39 is 0 Å². The number of benzene rings is 1. The van der Waals surface area contributed by atoms with Crippen LogP contribution in [0.2, 0.25) is 0 Å². The maximum atomic E-state index is 12.2. The van der Waals surface area contributed by atoms with Crippen LogP contribution in [-0.4, -0.2) is 12.5 Å². The first kappa shape index (κ1) is 14.5. The highest BCUT2D eigenvalue weighted by atomic mass is 79.9. The van der Waals surface area contributed by atoms with E-state index in [1.54, 1.807) is 0 Å². The summed E-state index contributed by atoms with van der Waals surface area (Å²) in [4.78, 5) is 12.2. The molecule has 1 saturated carbocycles. The lowest BCUT2D eigenvalue weighted by atomic mass is 9.81. The molecule has 104 valence electrons. The molecule has 19 heavy (non-hydrogen) atoms. The van der Waals surface area contributed by atoms with Crippen LogP contribution in [-0.2, 0) is 4.79 Å². The molecule has 0 saturated heterocycles. The third-order valence-corrected chi connectivity index (χ3v) is 4.32. The molecular formula is C15H21BrN2O. The Balaban J connectivity index is 1.94. The van der Waals surface area contributed by atoms with Crippen LogP contribution < -0.4 is 11.1 Å². The molecule has 0 aromatic heterocycles. The van der Waals surface area contributed by atoms with Gasteiger partial charge in [0.05, 0.1) is 0 Å². The molecule has 2 rings (SSSR count). The van der Waals surface area contributed by atoms with Crippen molar-refractivity contribution >= 4 is 27.5 Å². The summed E-state index contributed by atoms with van der Waals surface area (Å²) < 4.78 is 0.995. The van der Waals surface area contributed by atoms with Crippen LogP contribution in [0.4, 0.5) is 5.69 Å². The van der Waals surface area contributed by atoms with Crippen molar-refractivity contribution in [2.24, 2.45) is 17.6 Å². The summed E-state index contributed by atoms with van der Waals surface area (Å²) in [6.07, 6.45) is 4.07. The number of anilines is 1. The van der Waals surface area contributed by atoms with Crippen LogP contribution in [0.3, 0.4) is 0 Å². The maximum Gasteiger partial charge on any atom is 0.227 e. The van der Waals surface area contributed by atoms with Crippen LogP contribution in [0.1, 0.15) is 31.2 Å². The Hall–Kier alpha value is -0.870. The van der Waals surface area contributed by atoms with Crippen molar-refractivity contribution in [1.29, 1.82) is 0 Å². The van der Waals surface area contributed by atoms with Crippen LogP contribution in [0.15, 0.2) is 22.7 Å². The minimum absolute atomic E-state index is 0.141. The van der Waals surface area contributed by atoms with Gasteiger partial charge in [-0.15, -0.1) is 0 Å². The monoisotopic (exact) mass is 324 g/mol. The molecule has 1 aromatic carbocycles. The SMILES string of the molecule is Cc1cc(Br)cc(NC(=O)C2CCC(CN)CC2)c1. The van der Waals surface area contributed by atoms with E-state index in [0.717, 1.165) is 48.0 Å². The van der Waals surface area contributed by atoms with E-state index in [0.29, 0.717) is 5.92 Å². The first-order valence-corrected chi connectivity index (χ1v) is 7.66. The van der Waals surface area contributed by atoms with Crippen molar-refractivity contribution < 1.29 is 4.79 Å². The van der Waals surface area contributed by atoms with Gasteiger partial charge in [0.1, 0.15) is 0 Å². The third-order valence-electron chi connectivity index (χ3n) is 3.86. The predicted molar refractivity (Wildman–Crippen MR) is 82.0 cm³/mol. The number of hydrogen-bond acceptors (Lipinski definition) is 2. The minimum atomic E-state index is 0.141. The van der Waals surface area contributed by atoms with E-state index in [1.807, 2.05) is 25.1 Å². The Bertz CT molecular complexity index is 433. The standard InChI is InChI=1S/C15H21BrN2O/c1-10-6-13(16)8-14(7-10)18-15(19)12-4-2-11(9-17)3-5-12/h6-8,11-12H,2-5,9,17H2,1H3,(H,18,19). The fourth-order valence-electron chi connectivity index (χ4n) is 2.71. The number of hydrogen-bond donors (Lipinski definition) is 2. The summed E-state index contributed by atoms with van der Waals surface area (Å²) in [6.45, 7) is 2.77. The Kier molecular flexibility index (Phi) is 4.99. The molecule has 0 bridgehead atoms. The third kappa shape index (κ3) is 4.05. The zero-order valence-corrected chi connectivity index (χ0v) is 12.9. The van der Waals surface area contributed by atoms with E-state index >= 15 is 0 Å². The van der Waals surface area contributed by atoms with Gasteiger partial charge in [-0.3, -0.25) is 4.79 Å². The first-order chi connectivity index (χ1) is 9.08. The van der Waals surface area contributed by atoms with Gasteiger partial charge in [-0.1, -0.05) is 15.9 Å². The fraction of sp³-hybridized carbons (Fsp3) is 0.533. The highest BCUT2D eigenvalue weighted by molar-refractivity contribution is 9.10. The van der Waals surface area contributed by atoms with Gasteiger partial charge in [0.25, 0.3) is 0 Å². The summed E-state index contributed by atoms with van der Waals surface area (Å²) in [7, 11) is 0. The average Bonchev–Trinajstić information content (AvgIpc) is 2.37. The van der Waals surface area contributed by atoms with Crippen LogP contribution >= 0.6 is 15.9 Å². The van der Waals surface area contributed by atoms with E-state index in [2.05, 4.69) is 21.2 Å². The lowest BCUT2D eigenvalue weighted by Gasteiger charge is -2.26. The van der Waals surface area contributed by atoms with Crippen molar-refractivity contribution in [1.82, 2.24) is 0 Å². The van der Waals surface area contributed by atoms with Gasteiger partial charge in [0.2, 0.25) is 5.91 Å². The molecule has 3 N–H and O–H groups in total. The second-order valence-corrected chi connectivity index (χ2v) is 6.38. The number of halogens is 1. The number of nitrogens with two attached hydrogens (primary N) is 1. The summed E-state index contributed by atoms with van der Waals surface area (Å²) in [6, 6.07) is 5.96. The number of nitrogens with one attached hydrogen (secondary N) is 1. The van der Waals surface area contributed by atoms with Gasteiger partial charge in [-0.05, 0) is 68.8 Å². The largest absolute Gasteiger partial charge is 0.330 e. The van der Waals surface area contributed by atoms with E-state index in [1.165, 1.54) is 0 Å². The number of carbonyl (C=O) groups excluding carboxylic acids is 1. The molecule has 0 atom stereocenters. The topological polar surface area (TPSA) is 55.1 Å². The van der Waals surface area contributed by atoms with Gasteiger partial charge in [-0.2, -0.15) is 0 Å². The van der Waals surface area contributed by atoms with Gasteiger partial charge in [0.15, 0.2) is 0 Å². The fourth-order valence-corrected chi connectivity index (χ4v) is 3.32. The van der Waals surface area contributed by atoms with E-state index in [4.69, 9.17) is 5.73 Å². The van der Waals surface area contributed by atoms with E-state index in [-0.39, 0.29) is 11.8 Å². The van der Waals surface area contributed by atoms with Crippen LogP contribution in [0, 0.1) is 18.8 Å². The molecule has 1 fully saturated rings. The summed E-state index contributed by atoms with van der Waals surface area (Å²) >= 11 is 3.45. The number of aryl methyl sites for hydroxylation is 1. The normalized spacial score (nSPS) is 23.1. The van der Waals surface area contributed by atoms with Crippen molar-refractivity contribution in [2.45, 2.75) is 32.6 Å². The Labute approximate surface area is 123 Å². The van der Waals surface area contributed by atoms with Crippen LogP contribution in [0.5, 0.6) is 0 Å². The van der Waals surface area contributed by atoms with Gasteiger partial charge in [-0.25, -0.2) is 0 Å². The molecule has 0 radical (unpaired) electrons. The maximum absolute atomic E-state index is 12.2. The summed E-state index contributed by atoms with van der Waals surface area (Å²) in [5, 5.41) is 3.03. The molecule has 0 spiro atoms. The molecule has 1 aliphatic carbocycles. The summed E-state index contributed by atoms with van der Waals surface area (Å²) in [5.74, 6) is 0.896. The van der Waals surface area contributed by atoms with Crippen molar-refractivity contribution in [2.75, 3.05) is 11.9 Å². The molecule has 1 aromatic rings. The highest BCUT2D eigenvalue weighted by Crippen LogP contribution is 2.29. The molecule has 0 aliphatic heterocycles. The Morgan fingerprint density at radius 1 is 1.32 bits per heavy atom. The molecule has 0 heterocycles. The first-order valence-electron chi connectivity index (χ1n) is 6.86. The Morgan fingerprint density at radius 3 is 2.58 bits per heavy atom. The smallest absolute Gasteiger partial charge is 0.227 e. The van der Waals surface area contributed by atoms with Crippen LogP contribution in [0.25, 0.3) is 0 Å². The molecule has 1 amide bonds. The highest BCUT2D eigenvalue weighted by Gasteiger charge is 2.25. The van der Waals surface area contributed by atoms with Crippen molar-refractivity contribution in [3.05, 3.63) is 28.2 Å². The molecule has 0 unspecified atom stereocenters. The van der Waals surface area contributed by atoms with Gasteiger partial charge < -0.3 is 11.1 Å². The number of amides is 1. The number of rotatable bonds is 3. The average molecular weight is 325 g/mol. The molecule has 4 heteroatoms. The lowest BCUT2D eigenvalue weighted by molar-refractivity contribution is -0.121. The quantitative estimate of drug-likeness (QED) is 0.894. The van der Waals surface area contributed by atoms with Crippen molar-refractivity contribution in [3.63, 3.8) is 0 Å². The molecular weight excluding hydrogens is 304 g/mol. The molecule has 1 aliphatic rings. The lowest BCUT2D eigenvalue weighted by Crippen LogP contribution is -2.29. The number of carbonyl (C=O) groups is 1. The van der Waals surface area contributed by atoms with Gasteiger partial charge >= 0.3 is 0 Å².